The van der Waals surface area contributed by atoms with Gasteiger partial charge in [0, 0.05) is 25.6 Å². The molecule has 1 unspecified atom stereocenters. The van der Waals surface area contributed by atoms with Gasteiger partial charge in [-0.25, -0.2) is 4.90 Å². The van der Waals surface area contributed by atoms with Crippen LogP contribution >= 0.6 is 0 Å². The zero-order valence-electron chi connectivity index (χ0n) is 17.6. The number of amides is 3. The number of nitrogens with two attached hydrogens (primary N) is 1. The number of carbonyl (C=O) groups excluding carboxylic acids is 3. The van der Waals surface area contributed by atoms with Crippen molar-refractivity contribution in [1.29, 1.82) is 5.41 Å². The number of ether oxygens (including phenoxy) is 1. The van der Waals surface area contributed by atoms with E-state index in [1.54, 1.807) is 55.5 Å². The molecule has 5 N–H and O–H groups in total. The molecule has 0 radical (unpaired) electrons. The van der Waals surface area contributed by atoms with Gasteiger partial charge in [0.2, 0.25) is 6.23 Å². The fourth-order valence-electron chi connectivity index (χ4n) is 2.92. The van der Waals surface area contributed by atoms with Gasteiger partial charge in [-0.05, 0) is 24.6 Å². The van der Waals surface area contributed by atoms with E-state index < -0.39 is 29.9 Å². The molecular weight excluding hydrogens is 416 g/mol. The molecule has 0 bridgehead atoms. The molecule has 32 heavy (non-hydrogen) atoms. The summed E-state index contributed by atoms with van der Waals surface area (Å²) >= 11 is 0. The maximum atomic E-state index is 12.7. The number of amidine groups is 1. The molecule has 1 aliphatic rings. The third-order valence-corrected chi connectivity index (χ3v) is 4.34. The molecule has 3 amide bonds. The molecule has 0 saturated heterocycles. The number of carbonyl (C=O) groups is 4. The third-order valence-electron chi connectivity index (χ3n) is 4.34. The SMILES string of the molecule is CC(=O)O.CCOC(C(=O)NCc1ccc(C(=N)N)cc1)N1C(=O)c2ccccc2C1=O. The number of aliphatic carboxylic acids is 1. The van der Waals surface area contributed by atoms with Crippen LogP contribution in [0.25, 0.3) is 0 Å². The van der Waals surface area contributed by atoms with Gasteiger partial charge < -0.3 is 20.9 Å². The van der Waals surface area contributed by atoms with Gasteiger partial charge in [0.05, 0.1) is 11.1 Å². The van der Waals surface area contributed by atoms with Crippen molar-refractivity contribution in [3.05, 3.63) is 70.8 Å². The number of hydrogen-bond acceptors (Lipinski definition) is 6. The van der Waals surface area contributed by atoms with Crippen molar-refractivity contribution in [1.82, 2.24) is 10.2 Å². The van der Waals surface area contributed by atoms with E-state index in [4.69, 9.17) is 25.8 Å². The lowest BCUT2D eigenvalue weighted by Crippen LogP contribution is -2.51. The predicted octanol–water partition coefficient (Wildman–Crippen LogP) is 1.34. The Bertz CT molecular complexity index is 996. The molecule has 0 fully saturated rings. The summed E-state index contributed by atoms with van der Waals surface area (Å²) in [7, 11) is 0. The number of benzene rings is 2. The molecule has 1 heterocycles. The Morgan fingerprint density at radius 3 is 2.03 bits per heavy atom. The zero-order valence-corrected chi connectivity index (χ0v) is 17.6. The zero-order chi connectivity index (χ0) is 23.8. The minimum Gasteiger partial charge on any atom is -0.481 e. The standard InChI is InChI=1S/C20H20N4O4.C2H4O2/c1-2-28-20(24-18(26)14-5-3-4-6-15(14)19(24)27)17(25)23-11-12-7-9-13(10-8-12)16(21)22;1-2(3)4/h3-10,20H,2,11H2,1H3,(H3,21,22)(H,23,25);1H3,(H,3,4). The van der Waals surface area contributed by atoms with E-state index in [-0.39, 0.29) is 30.1 Å². The second kappa shape index (κ2) is 10.8. The summed E-state index contributed by atoms with van der Waals surface area (Å²) in [5.41, 5.74) is 7.28. The molecular formula is C22H24N4O6. The van der Waals surface area contributed by atoms with E-state index in [1.165, 1.54) is 0 Å². The predicted molar refractivity (Wildman–Crippen MR) is 115 cm³/mol. The lowest BCUT2D eigenvalue weighted by Gasteiger charge is -2.24. The average molecular weight is 440 g/mol. The summed E-state index contributed by atoms with van der Waals surface area (Å²) in [5.74, 6) is -2.58. The van der Waals surface area contributed by atoms with E-state index >= 15 is 0 Å². The number of hydrogen-bond donors (Lipinski definition) is 4. The van der Waals surface area contributed by atoms with Crippen LogP contribution in [0.15, 0.2) is 48.5 Å². The molecule has 10 nitrogen and oxygen atoms in total. The van der Waals surface area contributed by atoms with E-state index in [1.807, 2.05) is 0 Å². The highest BCUT2D eigenvalue weighted by Gasteiger charge is 2.43. The number of nitrogen functional groups attached to an aromatic ring is 1. The first-order chi connectivity index (χ1) is 15.2. The van der Waals surface area contributed by atoms with Gasteiger partial charge in [-0.2, -0.15) is 0 Å². The Morgan fingerprint density at radius 2 is 1.59 bits per heavy atom. The van der Waals surface area contributed by atoms with Crippen molar-refractivity contribution in [3.63, 3.8) is 0 Å². The van der Waals surface area contributed by atoms with Gasteiger partial charge in [0.1, 0.15) is 5.84 Å². The highest BCUT2D eigenvalue weighted by Crippen LogP contribution is 2.25. The highest BCUT2D eigenvalue weighted by molar-refractivity contribution is 6.22. The van der Waals surface area contributed by atoms with Crippen molar-refractivity contribution in [2.45, 2.75) is 26.6 Å². The number of nitrogens with zero attached hydrogens (tertiary/aromatic N) is 1. The van der Waals surface area contributed by atoms with Crippen LogP contribution in [0, 0.1) is 5.41 Å². The molecule has 2 aromatic rings. The lowest BCUT2D eigenvalue weighted by atomic mass is 10.1. The lowest BCUT2D eigenvalue weighted by molar-refractivity contribution is -0.140. The first-order valence-electron chi connectivity index (χ1n) is 9.66. The molecule has 2 aromatic carbocycles. The van der Waals surface area contributed by atoms with Crippen LogP contribution in [-0.2, 0) is 20.9 Å². The van der Waals surface area contributed by atoms with E-state index in [0.717, 1.165) is 17.4 Å². The van der Waals surface area contributed by atoms with Crippen LogP contribution in [-0.4, -0.2) is 52.4 Å². The van der Waals surface area contributed by atoms with Crippen LogP contribution < -0.4 is 11.1 Å². The van der Waals surface area contributed by atoms with E-state index in [2.05, 4.69) is 5.32 Å². The monoisotopic (exact) mass is 440 g/mol. The van der Waals surface area contributed by atoms with Crippen molar-refractivity contribution in [3.8, 4) is 0 Å². The minimum absolute atomic E-state index is 0.0439. The molecule has 168 valence electrons. The Hall–Kier alpha value is -4.05. The summed E-state index contributed by atoms with van der Waals surface area (Å²) in [6.45, 7) is 3.08. The van der Waals surface area contributed by atoms with Gasteiger partial charge in [0.25, 0.3) is 23.7 Å². The Labute approximate surface area is 184 Å². The van der Waals surface area contributed by atoms with Crippen molar-refractivity contribution in [2.24, 2.45) is 5.73 Å². The fraction of sp³-hybridized carbons (Fsp3) is 0.227. The number of carboxylic acids is 1. The van der Waals surface area contributed by atoms with Crippen LogP contribution in [0.3, 0.4) is 0 Å². The van der Waals surface area contributed by atoms with Gasteiger partial charge in [-0.1, -0.05) is 36.4 Å². The normalized spacial score (nSPS) is 13.0. The average Bonchev–Trinajstić information content (AvgIpc) is 3.00. The molecule has 1 atom stereocenters. The number of carboxylic acid groups (broad SMARTS) is 1. The van der Waals surface area contributed by atoms with Crippen molar-refractivity contribution < 1.29 is 29.0 Å². The van der Waals surface area contributed by atoms with Crippen LogP contribution in [0.5, 0.6) is 0 Å². The molecule has 1 aliphatic heterocycles. The highest BCUT2D eigenvalue weighted by atomic mass is 16.5. The molecule has 0 aliphatic carbocycles. The van der Waals surface area contributed by atoms with Gasteiger partial charge in [-0.15, -0.1) is 0 Å². The van der Waals surface area contributed by atoms with Crippen molar-refractivity contribution in [2.75, 3.05) is 6.61 Å². The molecule has 3 rings (SSSR count). The van der Waals surface area contributed by atoms with Crippen LogP contribution in [0.1, 0.15) is 45.7 Å². The number of rotatable bonds is 7. The summed E-state index contributed by atoms with van der Waals surface area (Å²) in [6.07, 6.45) is -1.35. The molecule has 0 aromatic heterocycles. The maximum absolute atomic E-state index is 12.7. The van der Waals surface area contributed by atoms with Gasteiger partial charge >= 0.3 is 0 Å². The number of nitrogens with one attached hydrogen (secondary N) is 2. The summed E-state index contributed by atoms with van der Waals surface area (Å²) in [6, 6.07) is 13.2. The fourth-order valence-corrected chi connectivity index (χ4v) is 2.92. The molecule has 0 spiro atoms. The van der Waals surface area contributed by atoms with E-state index in [0.29, 0.717) is 5.56 Å². The summed E-state index contributed by atoms with van der Waals surface area (Å²) in [5, 5.41) is 17.5. The minimum atomic E-state index is -1.35. The largest absolute Gasteiger partial charge is 0.481 e. The molecule has 10 heteroatoms. The van der Waals surface area contributed by atoms with E-state index in [9.17, 15) is 14.4 Å². The van der Waals surface area contributed by atoms with Crippen LogP contribution in [0.4, 0.5) is 0 Å². The van der Waals surface area contributed by atoms with Crippen LogP contribution in [0.2, 0.25) is 0 Å². The second-order valence-electron chi connectivity index (χ2n) is 6.68. The van der Waals surface area contributed by atoms with Crippen molar-refractivity contribution >= 4 is 29.5 Å². The maximum Gasteiger partial charge on any atom is 0.300 e. The first kappa shape index (κ1) is 24.2. The first-order valence-corrected chi connectivity index (χ1v) is 9.66. The second-order valence-corrected chi connectivity index (χ2v) is 6.68. The quantitative estimate of drug-likeness (QED) is 0.287. The van der Waals surface area contributed by atoms with Gasteiger partial charge in [-0.3, -0.25) is 24.6 Å². The summed E-state index contributed by atoms with van der Waals surface area (Å²) < 4.78 is 5.43. The Balaban J connectivity index is 0.000000837. The Kier molecular flexibility index (Phi) is 8.19. The third kappa shape index (κ3) is 5.76. The number of fused-ring (bicyclic) bond motifs is 1. The topological polar surface area (TPSA) is 163 Å². The Morgan fingerprint density at radius 1 is 1.09 bits per heavy atom. The number of imide groups is 1. The summed E-state index contributed by atoms with van der Waals surface area (Å²) in [4.78, 5) is 47.8. The van der Waals surface area contributed by atoms with Gasteiger partial charge in [0.15, 0.2) is 0 Å². The smallest absolute Gasteiger partial charge is 0.300 e. The molecule has 0 saturated carbocycles.